The van der Waals surface area contributed by atoms with E-state index in [1.807, 2.05) is 0 Å². The zero-order valence-electron chi connectivity index (χ0n) is 17.5. The van der Waals surface area contributed by atoms with Crippen molar-refractivity contribution in [2.75, 3.05) is 18.0 Å². The zero-order valence-corrected chi connectivity index (χ0v) is 17.5. The number of alkyl halides is 2. The van der Waals surface area contributed by atoms with Crippen molar-refractivity contribution in [3.8, 4) is 5.75 Å². The molecule has 0 spiro atoms. The highest BCUT2D eigenvalue weighted by molar-refractivity contribution is 5.68. The maximum atomic E-state index is 12.7. The Balaban J connectivity index is 1.11. The van der Waals surface area contributed by atoms with Gasteiger partial charge in [-0.05, 0) is 36.1 Å². The van der Waals surface area contributed by atoms with Crippen LogP contribution in [0.2, 0.25) is 0 Å². The van der Waals surface area contributed by atoms with Gasteiger partial charge in [0, 0.05) is 31.7 Å². The maximum Gasteiger partial charge on any atom is 0.387 e. The van der Waals surface area contributed by atoms with Crippen LogP contribution in [0.1, 0.15) is 17.6 Å². The van der Waals surface area contributed by atoms with Crippen molar-refractivity contribution in [3.05, 3.63) is 59.0 Å². The summed E-state index contributed by atoms with van der Waals surface area (Å²) in [6.45, 7) is -1.03. The summed E-state index contributed by atoms with van der Waals surface area (Å²) in [6.07, 6.45) is 2.98. The molecule has 2 atom stereocenters. The molecule has 12 heteroatoms. The Labute approximate surface area is 185 Å². The lowest BCUT2D eigenvalue weighted by molar-refractivity contribution is -0.0498. The van der Waals surface area contributed by atoms with Crippen LogP contribution in [0.4, 0.5) is 14.5 Å². The first-order chi connectivity index (χ1) is 16.0. The summed E-state index contributed by atoms with van der Waals surface area (Å²) >= 11 is 0. The van der Waals surface area contributed by atoms with Crippen molar-refractivity contribution in [2.24, 2.45) is 18.9 Å². The van der Waals surface area contributed by atoms with Crippen LogP contribution >= 0.6 is 0 Å². The van der Waals surface area contributed by atoms with Crippen molar-refractivity contribution in [3.63, 3.8) is 0 Å². The molecule has 1 aliphatic heterocycles. The molecule has 1 saturated carbocycles. The van der Waals surface area contributed by atoms with E-state index in [9.17, 15) is 13.6 Å². The number of hydrogen-bond donors (Lipinski definition) is 0. The number of fused-ring (bicyclic) bond motifs is 2. The van der Waals surface area contributed by atoms with Gasteiger partial charge >= 0.3 is 6.61 Å². The molecule has 1 aromatic carbocycles. The first-order valence-electron chi connectivity index (χ1n) is 10.5. The van der Waals surface area contributed by atoms with Crippen molar-refractivity contribution < 1.29 is 18.0 Å². The third-order valence-electron chi connectivity index (χ3n) is 6.41. The molecular formula is C21H19F2N7O3. The number of anilines is 1. The van der Waals surface area contributed by atoms with Gasteiger partial charge in [-0.25, -0.2) is 9.97 Å². The van der Waals surface area contributed by atoms with Crippen molar-refractivity contribution in [1.82, 2.24) is 29.2 Å². The smallest absolute Gasteiger partial charge is 0.387 e. The number of hydrogen-bond acceptors (Lipinski definition) is 8. The van der Waals surface area contributed by atoms with Gasteiger partial charge in [-0.1, -0.05) is 5.16 Å². The van der Waals surface area contributed by atoms with Gasteiger partial charge < -0.3 is 18.7 Å². The molecule has 2 fully saturated rings. The second-order valence-corrected chi connectivity index (χ2v) is 8.38. The van der Waals surface area contributed by atoms with E-state index >= 15 is 0 Å². The summed E-state index contributed by atoms with van der Waals surface area (Å²) in [5.74, 6) is 2.18. The molecule has 0 amide bonds. The van der Waals surface area contributed by atoms with Gasteiger partial charge in [0.1, 0.15) is 18.6 Å². The van der Waals surface area contributed by atoms with Gasteiger partial charge in [0.25, 0.3) is 5.56 Å². The SMILES string of the molecule is Cn1cnc2ncn(Cc3nc(C4C5CN(c6ccc(OC(F)F)cc6)CC54)no3)c(=O)c21. The number of nitrogens with zero attached hydrogens (tertiary/aromatic N) is 7. The molecule has 0 radical (unpaired) electrons. The highest BCUT2D eigenvalue weighted by Gasteiger charge is 2.58. The molecule has 3 aromatic heterocycles. The molecule has 0 bridgehead atoms. The minimum Gasteiger partial charge on any atom is -0.435 e. The summed E-state index contributed by atoms with van der Waals surface area (Å²) in [7, 11) is 1.74. The Hall–Kier alpha value is -3.83. The molecule has 6 rings (SSSR count). The Kier molecular flexibility index (Phi) is 4.42. The number of rotatable bonds is 6. The standard InChI is InChI=1S/C21H19F2N7O3/c1-28-9-24-19-17(28)20(31)30(10-25-19)8-15-26-18(27-33-15)16-13-6-29(7-14(13)16)11-2-4-12(5-3-11)32-21(22)23/h2-5,9-10,13-14,16,21H,6-8H2,1H3. The van der Waals surface area contributed by atoms with Crippen LogP contribution in [0.5, 0.6) is 5.75 Å². The van der Waals surface area contributed by atoms with Gasteiger partial charge in [-0.2, -0.15) is 13.8 Å². The second kappa shape index (κ2) is 7.36. The molecule has 1 saturated heterocycles. The summed E-state index contributed by atoms with van der Waals surface area (Å²) in [5.41, 5.74) is 1.57. The van der Waals surface area contributed by atoms with Crippen LogP contribution in [0.15, 0.2) is 46.2 Å². The quantitative estimate of drug-likeness (QED) is 0.435. The molecule has 2 unspecified atom stereocenters. The molecular weight excluding hydrogens is 436 g/mol. The van der Waals surface area contributed by atoms with E-state index in [1.165, 1.54) is 10.9 Å². The number of benzene rings is 1. The number of halogens is 2. The van der Waals surface area contributed by atoms with Crippen LogP contribution < -0.4 is 15.2 Å². The van der Waals surface area contributed by atoms with Gasteiger partial charge in [-0.15, -0.1) is 0 Å². The first kappa shape index (κ1) is 19.8. The lowest BCUT2D eigenvalue weighted by Crippen LogP contribution is -2.23. The molecule has 33 heavy (non-hydrogen) atoms. The normalized spacial score (nSPS) is 21.7. The Morgan fingerprint density at radius 1 is 1.15 bits per heavy atom. The van der Waals surface area contributed by atoms with E-state index in [2.05, 4.69) is 29.7 Å². The molecule has 4 aromatic rings. The summed E-state index contributed by atoms with van der Waals surface area (Å²) in [4.78, 5) is 27.7. The average Bonchev–Trinajstić information content (AvgIpc) is 3.20. The van der Waals surface area contributed by atoms with Crippen LogP contribution in [-0.4, -0.2) is 48.9 Å². The lowest BCUT2D eigenvalue weighted by atomic mass is 10.2. The van der Waals surface area contributed by atoms with Gasteiger partial charge in [0.05, 0.1) is 6.33 Å². The zero-order chi connectivity index (χ0) is 22.7. The molecule has 170 valence electrons. The third-order valence-corrected chi connectivity index (χ3v) is 6.41. The second-order valence-electron chi connectivity index (χ2n) is 8.38. The Morgan fingerprint density at radius 2 is 1.88 bits per heavy atom. The number of imidazole rings is 1. The minimum atomic E-state index is -2.83. The van der Waals surface area contributed by atoms with E-state index in [4.69, 9.17) is 4.52 Å². The molecule has 10 nitrogen and oxygen atoms in total. The van der Waals surface area contributed by atoms with Crippen molar-refractivity contribution >= 4 is 16.9 Å². The molecule has 2 aliphatic rings. The molecule has 0 N–H and O–H groups in total. The predicted molar refractivity (Wildman–Crippen MR) is 111 cm³/mol. The van der Waals surface area contributed by atoms with Crippen LogP contribution in [0.3, 0.4) is 0 Å². The number of ether oxygens (including phenoxy) is 1. The maximum absolute atomic E-state index is 12.7. The van der Waals surface area contributed by atoms with E-state index in [-0.39, 0.29) is 23.8 Å². The summed E-state index contributed by atoms with van der Waals surface area (Å²) in [6, 6.07) is 6.67. The number of piperidine rings is 1. The lowest BCUT2D eigenvalue weighted by Gasteiger charge is -2.21. The Bertz CT molecular complexity index is 1370. The predicted octanol–water partition coefficient (Wildman–Crippen LogP) is 2.01. The van der Waals surface area contributed by atoms with Crippen LogP contribution in [0, 0.1) is 11.8 Å². The first-order valence-corrected chi connectivity index (χ1v) is 10.5. The van der Waals surface area contributed by atoms with Crippen LogP contribution in [-0.2, 0) is 13.6 Å². The fourth-order valence-corrected chi connectivity index (χ4v) is 4.76. The highest BCUT2D eigenvalue weighted by atomic mass is 19.3. The average molecular weight is 455 g/mol. The highest BCUT2D eigenvalue weighted by Crippen LogP contribution is 2.57. The fourth-order valence-electron chi connectivity index (χ4n) is 4.76. The minimum absolute atomic E-state index is 0.140. The van der Waals surface area contributed by atoms with E-state index in [0.717, 1.165) is 18.8 Å². The van der Waals surface area contributed by atoms with Crippen molar-refractivity contribution in [1.29, 1.82) is 0 Å². The number of aryl methyl sites for hydroxylation is 1. The summed E-state index contributed by atoms with van der Waals surface area (Å²) in [5, 5.41) is 4.15. The largest absolute Gasteiger partial charge is 0.435 e. The molecule has 4 heterocycles. The number of aromatic nitrogens is 6. The van der Waals surface area contributed by atoms with Gasteiger partial charge in [0.2, 0.25) is 5.89 Å². The third kappa shape index (κ3) is 3.41. The Morgan fingerprint density at radius 3 is 2.61 bits per heavy atom. The van der Waals surface area contributed by atoms with E-state index in [1.54, 1.807) is 42.2 Å². The van der Waals surface area contributed by atoms with Gasteiger partial charge in [-0.3, -0.25) is 9.36 Å². The van der Waals surface area contributed by atoms with E-state index in [0.29, 0.717) is 34.7 Å². The van der Waals surface area contributed by atoms with Gasteiger partial charge in [0.15, 0.2) is 17.0 Å². The summed E-state index contributed by atoms with van der Waals surface area (Å²) < 4.78 is 37.5. The topological polar surface area (TPSA) is 104 Å². The van der Waals surface area contributed by atoms with E-state index < -0.39 is 6.61 Å². The molecule has 1 aliphatic carbocycles. The fraction of sp³-hybridized carbons (Fsp3) is 0.381. The monoisotopic (exact) mass is 455 g/mol. The van der Waals surface area contributed by atoms with Crippen molar-refractivity contribution in [2.45, 2.75) is 19.1 Å². The van der Waals surface area contributed by atoms with Crippen LogP contribution in [0.25, 0.3) is 11.2 Å².